The van der Waals surface area contributed by atoms with Crippen LogP contribution in [0.4, 0.5) is 0 Å². The van der Waals surface area contributed by atoms with Crippen LogP contribution in [0.25, 0.3) is 11.4 Å². The molecule has 0 saturated carbocycles. The molecule has 8 heteroatoms. The van der Waals surface area contributed by atoms with Crippen LogP contribution in [0, 0.1) is 24.1 Å². The molecule has 1 aromatic heterocycles. The van der Waals surface area contributed by atoms with E-state index in [1.165, 1.54) is 0 Å². The maximum absolute atomic E-state index is 12.9. The summed E-state index contributed by atoms with van der Waals surface area (Å²) in [5.41, 5.74) is 3.56. The van der Waals surface area contributed by atoms with E-state index in [1.807, 2.05) is 80.6 Å². The van der Waals surface area contributed by atoms with Gasteiger partial charge in [0.05, 0.1) is 0 Å². The van der Waals surface area contributed by atoms with Crippen molar-refractivity contribution in [3.63, 3.8) is 0 Å². The molecule has 0 aliphatic rings. The number of aromatic nitrogens is 2. The van der Waals surface area contributed by atoms with Crippen LogP contribution in [-0.4, -0.2) is 4.57 Å². The molecule has 0 amide bonds. The third-order valence-electron chi connectivity index (χ3n) is 3.53. The van der Waals surface area contributed by atoms with Gasteiger partial charge in [-0.1, -0.05) is 36.4 Å². The molecule has 0 aliphatic carbocycles. The van der Waals surface area contributed by atoms with Gasteiger partial charge in [0.15, 0.2) is 0 Å². The molecule has 0 saturated heterocycles. The minimum Gasteiger partial charge on any atom is -0.222 e. The summed E-state index contributed by atoms with van der Waals surface area (Å²) in [6, 6.07) is 21.5. The maximum atomic E-state index is 12.9. The number of nitrogens with zero attached hydrogens (tertiary/aromatic N) is 2. The highest BCUT2D eigenvalue weighted by Crippen LogP contribution is 2.08. The molecule has 0 atom stereocenters. The molecule has 7 nitrogen and oxygen atoms in total. The molecule has 0 unspecified atom stereocenters. The van der Waals surface area contributed by atoms with Gasteiger partial charge in [0.25, 0.3) is 0 Å². The quantitative estimate of drug-likeness (QED) is 0.478. The van der Waals surface area contributed by atoms with Gasteiger partial charge in [-0.2, -0.15) is 13.9 Å². The molecule has 2 aromatic carbocycles. The molecule has 1 heterocycles. The second kappa shape index (κ2) is 8.22. The first-order valence-electron chi connectivity index (χ1n) is 7.56. The molecule has 3 rings (SSSR count). The predicted molar refractivity (Wildman–Crippen MR) is 83.0 cm³/mol. The van der Waals surface area contributed by atoms with Gasteiger partial charge in [0, 0.05) is 6.07 Å². The molecule has 0 N–H and O–H groups in total. The van der Waals surface area contributed by atoms with E-state index >= 15 is 0 Å². The van der Waals surface area contributed by atoms with E-state index in [0.717, 1.165) is 22.8 Å². The average molecular weight is 377 g/mol. The Morgan fingerprint density at radius 1 is 0.846 bits per heavy atom. The van der Waals surface area contributed by atoms with Crippen molar-refractivity contribution in [2.45, 2.75) is 13.8 Å². The highest BCUT2D eigenvalue weighted by atomic mass is 35.7. The normalized spacial score (nSPS) is 10.8. The SMILES string of the molecule is Cc1cc(C)[n+](-c2ccccc2)c(=O)n1-c1ccccc1.[O-][Cl+3]([O-])([O-])[O-]. The van der Waals surface area contributed by atoms with Crippen molar-refractivity contribution < 1.29 is 33.4 Å². The Morgan fingerprint density at radius 3 is 1.81 bits per heavy atom. The van der Waals surface area contributed by atoms with E-state index in [1.54, 1.807) is 9.13 Å². The first kappa shape index (κ1) is 19.8. The summed E-state index contributed by atoms with van der Waals surface area (Å²) in [6.07, 6.45) is 0. The molecular weight excluding hydrogens is 360 g/mol. The van der Waals surface area contributed by atoms with Gasteiger partial charge in [-0.3, -0.25) is 0 Å². The van der Waals surface area contributed by atoms with Gasteiger partial charge < -0.3 is 0 Å². The van der Waals surface area contributed by atoms with Crippen LogP contribution in [0.5, 0.6) is 0 Å². The van der Waals surface area contributed by atoms with Gasteiger partial charge in [-0.05, 0) is 38.1 Å². The van der Waals surface area contributed by atoms with Crippen molar-refractivity contribution >= 4 is 0 Å². The number of halogens is 1. The Kier molecular flexibility index (Phi) is 6.25. The first-order valence-corrected chi connectivity index (χ1v) is 8.80. The molecule has 0 aliphatic heterocycles. The average Bonchev–Trinajstić information content (AvgIpc) is 2.55. The van der Waals surface area contributed by atoms with Gasteiger partial charge in [0.1, 0.15) is 22.8 Å². The topological polar surface area (TPSA) is 118 Å². The third-order valence-corrected chi connectivity index (χ3v) is 3.53. The van der Waals surface area contributed by atoms with Crippen molar-refractivity contribution in [3.05, 3.63) is 88.6 Å². The van der Waals surface area contributed by atoms with E-state index < -0.39 is 10.2 Å². The van der Waals surface area contributed by atoms with E-state index in [0.29, 0.717) is 0 Å². The van der Waals surface area contributed by atoms with Crippen molar-refractivity contribution in [2.24, 2.45) is 0 Å². The summed E-state index contributed by atoms with van der Waals surface area (Å²) in [7, 11) is -4.94. The minimum atomic E-state index is -4.94. The number of hydrogen-bond acceptors (Lipinski definition) is 5. The Labute approximate surface area is 152 Å². The molecule has 26 heavy (non-hydrogen) atoms. The van der Waals surface area contributed by atoms with Crippen molar-refractivity contribution in [1.29, 1.82) is 0 Å². The summed E-state index contributed by atoms with van der Waals surface area (Å²) < 4.78 is 37.4. The molecule has 3 aromatic rings. The molecule has 0 spiro atoms. The smallest absolute Gasteiger partial charge is 0.222 e. The van der Waals surface area contributed by atoms with Crippen LogP contribution in [0.3, 0.4) is 0 Å². The standard InChI is InChI=1S/C18H17N2O.ClHO4/c1-14-13-15(2)20(17-11-7-4-8-12-17)18(21)19(14)16-9-5-3-6-10-16;2-1(3,4)5/h3-13H,1-2H3;(H,2,3,4,5)/q+1;/p-1. The number of aryl methyl sites for hydroxylation is 2. The minimum absolute atomic E-state index is 0.0510. The third kappa shape index (κ3) is 5.22. The zero-order chi connectivity index (χ0) is 19.3. The Bertz CT molecular complexity index is 849. The zero-order valence-electron chi connectivity index (χ0n) is 14.2. The second-order valence-corrected chi connectivity index (χ2v) is 6.19. The highest BCUT2D eigenvalue weighted by molar-refractivity contribution is 5.33. The molecule has 0 radical (unpaired) electrons. The lowest BCUT2D eigenvalue weighted by molar-refractivity contribution is -2.00. The summed E-state index contributed by atoms with van der Waals surface area (Å²) in [6.45, 7) is 3.91. The van der Waals surface area contributed by atoms with Crippen LogP contribution < -0.4 is 28.9 Å². The Hall–Kier alpha value is -2.55. The van der Waals surface area contributed by atoms with E-state index in [-0.39, 0.29) is 5.69 Å². The Balaban J connectivity index is 0.000000431. The lowest BCUT2D eigenvalue weighted by atomic mass is 10.2. The summed E-state index contributed by atoms with van der Waals surface area (Å²) in [5, 5.41) is 0. The van der Waals surface area contributed by atoms with Crippen LogP contribution in [0.2, 0.25) is 0 Å². The lowest BCUT2D eigenvalue weighted by Crippen LogP contribution is -2.68. The molecule has 0 fully saturated rings. The number of hydrogen-bond donors (Lipinski definition) is 0. The monoisotopic (exact) mass is 376 g/mol. The molecular formula is C18H17ClN2O5. The van der Waals surface area contributed by atoms with Crippen molar-refractivity contribution in [3.8, 4) is 11.4 Å². The summed E-state index contributed by atoms with van der Waals surface area (Å²) in [4.78, 5) is 12.9. The predicted octanol–water partition coefficient (Wildman–Crippen LogP) is -2.02. The van der Waals surface area contributed by atoms with Crippen LogP contribution in [0.15, 0.2) is 71.5 Å². The largest absolute Gasteiger partial charge is 0.508 e. The summed E-state index contributed by atoms with van der Waals surface area (Å²) >= 11 is 0. The first-order chi connectivity index (χ1) is 12.2. The fourth-order valence-corrected chi connectivity index (χ4v) is 2.62. The van der Waals surface area contributed by atoms with Crippen LogP contribution in [-0.2, 0) is 0 Å². The van der Waals surface area contributed by atoms with Gasteiger partial charge in [0.2, 0.25) is 0 Å². The van der Waals surface area contributed by atoms with Crippen LogP contribution >= 0.6 is 0 Å². The maximum Gasteiger partial charge on any atom is 0.508 e. The lowest BCUT2D eigenvalue weighted by Gasteiger charge is -2.17. The molecule has 0 bridgehead atoms. The number of para-hydroxylation sites is 2. The number of benzene rings is 2. The van der Waals surface area contributed by atoms with E-state index in [4.69, 9.17) is 18.6 Å². The zero-order valence-corrected chi connectivity index (χ0v) is 14.9. The molecule has 136 valence electrons. The fraction of sp³-hybridized carbons (Fsp3) is 0.111. The van der Waals surface area contributed by atoms with Crippen molar-refractivity contribution in [2.75, 3.05) is 0 Å². The summed E-state index contributed by atoms with van der Waals surface area (Å²) in [5.74, 6) is 0. The van der Waals surface area contributed by atoms with Crippen molar-refractivity contribution in [1.82, 2.24) is 4.57 Å². The van der Waals surface area contributed by atoms with E-state index in [9.17, 15) is 4.79 Å². The van der Waals surface area contributed by atoms with Crippen LogP contribution in [0.1, 0.15) is 11.4 Å². The van der Waals surface area contributed by atoms with Gasteiger partial charge in [-0.25, -0.2) is 18.6 Å². The highest BCUT2D eigenvalue weighted by Gasteiger charge is 2.20. The second-order valence-electron chi connectivity index (χ2n) is 5.43. The fourth-order valence-electron chi connectivity index (χ4n) is 2.62. The Morgan fingerprint density at radius 2 is 1.31 bits per heavy atom. The number of rotatable bonds is 2. The van der Waals surface area contributed by atoms with E-state index in [2.05, 4.69) is 0 Å². The van der Waals surface area contributed by atoms with Gasteiger partial charge in [-0.15, -0.1) is 10.2 Å². The van der Waals surface area contributed by atoms with Gasteiger partial charge >= 0.3 is 5.69 Å².